The van der Waals surface area contributed by atoms with Crippen LogP contribution in [0.4, 0.5) is 0 Å². The van der Waals surface area contributed by atoms with Gasteiger partial charge in [0.15, 0.2) is 0 Å². The summed E-state index contributed by atoms with van der Waals surface area (Å²) in [5.41, 5.74) is 5.90. The Balaban J connectivity index is 2.62. The summed E-state index contributed by atoms with van der Waals surface area (Å²) in [6.45, 7) is 9.14. The van der Waals surface area contributed by atoms with Crippen LogP contribution in [0, 0.1) is 5.92 Å². The van der Waals surface area contributed by atoms with E-state index in [4.69, 9.17) is 5.73 Å². The Hall–Kier alpha value is -0.500. The van der Waals surface area contributed by atoms with E-state index in [0.717, 1.165) is 12.3 Å². The maximum atomic E-state index is 5.38. The Kier molecular flexibility index (Phi) is 3.25. The van der Waals surface area contributed by atoms with Crippen molar-refractivity contribution in [2.75, 3.05) is 0 Å². The van der Waals surface area contributed by atoms with Crippen molar-refractivity contribution < 1.29 is 0 Å². The molecule has 82 valence electrons. The molecule has 1 rings (SSSR count). The van der Waals surface area contributed by atoms with E-state index in [2.05, 4.69) is 39.1 Å². The minimum absolute atomic E-state index is 0.259. The molecule has 1 fully saturated rings. The first kappa shape index (κ1) is 11.6. The zero-order valence-electron chi connectivity index (χ0n) is 9.93. The molecule has 0 atom stereocenters. The molecule has 0 spiro atoms. The molecule has 0 unspecified atom stereocenters. The van der Waals surface area contributed by atoms with Gasteiger partial charge in [0, 0.05) is 11.1 Å². The Labute approximate surface area is 87.9 Å². The molecule has 3 N–H and O–H groups in total. The molecule has 0 bridgehead atoms. The van der Waals surface area contributed by atoms with E-state index >= 15 is 0 Å². The van der Waals surface area contributed by atoms with Crippen LogP contribution in [-0.4, -0.2) is 11.1 Å². The predicted octanol–water partition coefficient (Wildman–Crippen LogP) is 2.41. The van der Waals surface area contributed by atoms with E-state index in [0.29, 0.717) is 0 Å². The monoisotopic (exact) mass is 196 g/mol. The van der Waals surface area contributed by atoms with Gasteiger partial charge in [-0.1, -0.05) is 6.08 Å². The fourth-order valence-corrected chi connectivity index (χ4v) is 2.97. The quantitative estimate of drug-likeness (QED) is 0.711. The van der Waals surface area contributed by atoms with E-state index in [1.54, 1.807) is 6.20 Å². The Bertz CT molecular complexity index is 200. The topological polar surface area (TPSA) is 38.0 Å². The largest absolute Gasteiger partial charge is 0.405 e. The Morgan fingerprint density at radius 1 is 1.21 bits per heavy atom. The zero-order chi connectivity index (χ0) is 10.8. The van der Waals surface area contributed by atoms with Gasteiger partial charge >= 0.3 is 0 Å². The summed E-state index contributed by atoms with van der Waals surface area (Å²) in [7, 11) is 0. The number of piperidine rings is 1. The normalized spacial score (nSPS) is 26.9. The van der Waals surface area contributed by atoms with Crippen LogP contribution < -0.4 is 11.1 Å². The fraction of sp³-hybridized carbons (Fsp3) is 0.833. The number of hydrogen-bond donors (Lipinski definition) is 2. The predicted molar refractivity (Wildman–Crippen MR) is 62.0 cm³/mol. The minimum Gasteiger partial charge on any atom is -0.405 e. The summed E-state index contributed by atoms with van der Waals surface area (Å²) >= 11 is 0. The first-order chi connectivity index (χ1) is 6.35. The number of nitrogens with two attached hydrogens (primary N) is 1. The van der Waals surface area contributed by atoms with Gasteiger partial charge in [0.1, 0.15) is 0 Å². The van der Waals surface area contributed by atoms with Gasteiger partial charge in [-0.25, -0.2) is 0 Å². The molecular weight excluding hydrogens is 172 g/mol. The van der Waals surface area contributed by atoms with Crippen molar-refractivity contribution in [3.8, 4) is 0 Å². The third-order valence-corrected chi connectivity index (χ3v) is 2.88. The summed E-state index contributed by atoms with van der Waals surface area (Å²) < 4.78 is 0. The van der Waals surface area contributed by atoms with Crippen molar-refractivity contribution >= 4 is 0 Å². The van der Waals surface area contributed by atoms with Crippen molar-refractivity contribution in [1.82, 2.24) is 5.32 Å². The lowest BCUT2D eigenvalue weighted by atomic mass is 9.75. The van der Waals surface area contributed by atoms with Gasteiger partial charge < -0.3 is 11.1 Å². The van der Waals surface area contributed by atoms with Gasteiger partial charge in [-0.3, -0.25) is 0 Å². The second kappa shape index (κ2) is 3.93. The second-order valence-electron chi connectivity index (χ2n) is 5.83. The Morgan fingerprint density at radius 2 is 1.71 bits per heavy atom. The van der Waals surface area contributed by atoms with Crippen LogP contribution in [-0.2, 0) is 0 Å². The van der Waals surface area contributed by atoms with Crippen molar-refractivity contribution in [3.63, 3.8) is 0 Å². The molecule has 14 heavy (non-hydrogen) atoms. The van der Waals surface area contributed by atoms with Gasteiger partial charge in [0.05, 0.1) is 0 Å². The number of nitrogens with one attached hydrogen (secondary N) is 1. The third kappa shape index (κ3) is 3.33. The lowest BCUT2D eigenvalue weighted by Gasteiger charge is -2.46. The summed E-state index contributed by atoms with van der Waals surface area (Å²) in [6.07, 6.45) is 7.34. The fourth-order valence-electron chi connectivity index (χ4n) is 2.97. The first-order valence-electron chi connectivity index (χ1n) is 5.51. The van der Waals surface area contributed by atoms with Gasteiger partial charge in [0.2, 0.25) is 0 Å². The maximum absolute atomic E-state index is 5.38. The van der Waals surface area contributed by atoms with Crippen LogP contribution in [0.1, 0.15) is 47.0 Å². The van der Waals surface area contributed by atoms with E-state index in [1.165, 1.54) is 12.8 Å². The number of allylic oxidation sites excluding steroid dienone is 1. The van der Waals surface area contributed by atoms with Crippen LogP contribution >= 0.6 is 0 Å². The zero-order valence-corrected chi connectivity index (χ0v) is 9.93. The highest BCUT2D eigenvalue weighted by molar-refractivity contribution is 4.98. The standard InChI is InChI=1S/C12H24N2/c1-11(2)8-10(6-5-7-13)9-12(3,4)14-11/h5,7,10,14H,6,8-9,13H2,1-4H3. The molecule has 0 aromatic heterocycles. The molecule has 1 heterocycles. The molecule has 2 nitrogen and oxygen atoms in total. The van der Waals surface area contributed by atoms with Crippen LogP contribution in [0.3, 0.4) is 0 Å². The SMILES string of the molecule is CC1(C)CC(CC=CN)CC(C)(C)N1. The molecule has 2 heteroatoms. The van der Waals surface area contributed by atoms with Crippen LogP contribution in [0.15, 0.2) is 12.3 Å². The third-order valence-electron chi connectivity index (χ3n) is 2.88. The molecule has 0 aliphatic carbocycles. The molecule has 0 aromatic carbocycles. The molecule has 1 aliphatic heterocycles. The first-order valence-corrected chi connectivity index (χ1v) is 5.51. The van der Waals surface area contributed by atoms with Gasteiger partial charge in [0.25, 0.3) is 0 Å². The summed E-state index contributed by atoms with van der Waals surface area (Å²) in [4.78, 5) is 0. The van der Waals surface area contributed by atoms with Crippen LogP contribution in [0.2, 0.25) is 0 Å². The van der Waals surface area contributed by atoms with Crippen molar-refractivity contribution in [1.29, 1.82) is 0 Å². The van der Waals surface area contributed by atoms with E-state index < -0.39 is 0 Å². The smallest absolute Gasteiger partial charge is 0.0132 e. The average Bonchev–Trinajstić information content (AvgIpc) is 1.94. The van der Waals surface area contributed by atoms with E-state index in [9.17, 15) is 0 Å². The van der Waals surface area contributed by atoms with Gasteiger partial charge in [-0.05, 0) is 59.1 Å². The summed E-state index contributed by atoms with van der Waals surface area (Å²) in [5.74, 6) is 0.765. The summed E-state index contributed by atoms with van der Waals surface area (Å²) in [6, 6.07) is 0. The highest BCUT2D eigenvalue weighted by Crippen LogP contribution is 2.34. The van der Waals surface area contributed by atoms with Crippen LogP contribution in [0.5, 0.6) is 0 Å². The van der Waals surface area contributed by atoms with E-state index in [1.807, 2.05) is 0 Å². The van der Waals surface area contributed by atoms with Crippen molar-refractivity contribution in [2.45, 2.75) is 58.0 Å². The van der Waals surface area contributed by atoms with Gasteiger partial charge in [-0.2, -0.15) is 0 Å². The lowest BCUT2D eigenvalue weighted by molar-refractivity contribution is 0.130. The van der Waals surface area contributed by atoms with Gasteiger partial charge in [-0.15, -0.1) is 0 Å². The van der Waals surface area contributed by atoms with Crippen LogP contribution in [0.25, 0.3) is 0 Å². The van der Waals surface area contributed by atoms with Crippen molar-refractivity contribution in [2.24, 2.45) is 11.7 Å². The molecule has 1 aliphatic rings. The number of rotatable bonds is 2. The molecule has 1 saturated heterocycles. The molecule has 0 aromatic rings. The van der Waals surface area contributed by atoms with E-state index in [-0.39, 0.29) is 11.1 Å². The molecular formula is C12H24N2. The average molecular weight is 196 g/mol. The molecule has 0 saturated carbocycles. The lowest BCUT2D eigenvalue weighted by Crippen LogP contribution is -2.57. The Morgan fingerprint density at radius 3 is 2.14 bits per heavy atom. The molecule has 0 amide bonds. The highest BCUT2D eigenvalue weighted by atomic mass is 15.0. The highest BCUT2D eigenvalue weighted by Gasteiger charge is 2.36. The van der Waals surface area contributed by atoms with Crippen molar-refractivity contribution in [3.05, 3.63) is 12.3 Å². The number of hydrogen-bond acceptors (Lipinski definition) is 2. The molecule has 0 radical (unpaired) electrons. The summed E-state index contributed by atoms with van der Waals surface area (Å²) in [5, 5.41) is 3.68. The maximum Gasteiger partial charge on any atom is 0.0132 e. The minimum atomic E-state index is 0.259. The second-order valence-corrected chi connectivity index (χ2v) is 5.83.